The summed E-state index contributed by atoms with van der Waals surface area (Å²) in [6.45, 7) is 2.13. The minimum absolute atomic E-state index is 0.827. The van der Waals surface area contributed by atoms with Crippen molar-refractivity contribution in [2.75, 3.05) is 0 Å². The monoisotopic (exact) mass is 188 g/mol. The van der Waals surface area contributed by atoms with Crippen molar-refractivity contribution in [1.29, 1.82) is 0 Å². The smallest absolute Gasteiger partial charge is 0.160 e. The van der Waals surface area contributed by atoms with Gasteiger partial charge in [-0.3, -0.25) is 4.57 Å². The quantitative estimate of drug-likeness (QED) is 0.735. The van der Waals surface area contributed by atoms with E-state index in [4.69, 9.17) is 0 Å². The van der Waals surface area contributed by atoms with Gasteiger partial charge in [0.05, 0.1) is 0 Å². The van der Waals surface area contributed by atoms with Crippen LogP contribution in [0.1, 0.15) is 19.2 Å². The molecular weight excluding hydrogens is 176 g/mol. The van der Waals surface area contributed by atoms with Gasteiger partial charge in [-0.15, -0.1) is 5.10 Å². The highest BCUT2D eigenvalue weighted by Gasteiger charge is 2.03. The van der Waals surface area contributed by atoms with Gasteiger partial charge in [0.2, 0.25) is 0 Å². The van der Waals surface area contributed by atoms with Crippen LogP contribution in [0.3, 0.4) is 0 Å². The minimum Gasteiger partial charge on any atom is -0.286 e. The summed E-state index contributed by atoms with van der Waals surface area (Å²) >= 11 is 0. The number of hydrogen-bond acceptors (Lipinski definition) is 3. The Morgan fingerprint density at radius 1 is 1.36 bits per heavy atom. The van der Waals surface area contributed by atoms with Crippen LogP contribution in [0, 0.1) is 0 Å². The second-order valence-electron chi connectivity index (χ2n) is 3.05. The molecule has 0 aromatic carbocycles. The van der Waals surface area contributed by atoms with Crippen molar-refractivity contribution >= 4 is 0 Å². The Hall–Kier alpha value is -1.71. The molecule has 0 spiro atoms. The molecule has 0 aliphatic heterocycles. The lowest BCUT2D eigenvalue weighted by Crippen LogP contribution is -2.02. The SMILES string of the molecule is CCCc1nccn1-c1cccnn1. The Morgan fingerprint density at radius 3 is 3.00 bits per heavy atom. The summed E-state index contributed by atoms with van der Waals surface area (Å²) < 4.78 is 1.97. The Bertz CT molecular complexity index is 394. The first-order valence-corrected chi connectivity index (χ1v) is 4.72. The molecule has 2 aromatic rings. The van der Waals surface area contributed by atoms with E-state index in [0.29, 0.717) is 0 Å². The van der Waals surface area contributed by atoms with Gasteiger partial charge in [0.25, 0.3) is 0 Å². The summed E-state index contributed by atoms with van der Waals surface area (Å²) in [6, 6.07) is 3.80. The van der Waals surface area contributed by atoms with Gasteiger partial charge in [0.1, 0.15) is 5.82 Å². The van der Waals surface area contributed by atoms with Crippen molar-refractivity contribution in [2.24, 2.45) is 0 Å². The Labute approximate surface area is 82.6 Å². The zero-order valence-electron chi connectivity index (χ0n) is 8.09. The third-order valence-electron chi connectivity index (χ3n) is 2.00. The van der Waals surface area contributed by atoms with Crippen LogP contribution < -0.4 is 0 Å². The van der Waals surface area contributed by atoms with Crippen molar-refractivity contribution in [3.8, 4) is 5.82 Å². The first kappa shape index (κ1) is 8.87. The summed E-state index contributed by atoms with van der Waals surface area (Å²) in [4.78, 5) is 4.28. The van der Waals surface area contributed by atoms with E-state index in [-0.39, 0.29) is 0 Å². The molecule has 2 rings (SSSR count). The molecule has 14 heavy (non-hydrogen) atoms. The lowest BCUT2D eigenvalue weighted by atomic mass is 10.3. The van der Waals surface area contributed by atoms with Crippen LogP contribution in [0.5, 0.6) is 0 Å². The molecule has 0 saturated heterocycles. The first-order chi connectivity index (χ1) is 6.92. The standard InChI is InChI=1S/C10H12N4/c1-2-4-9-11-7-8-14(9)10-5-3-6-12-13-10/h3,5-8H,2,4H2,1H3. The zero-order valence-corrected chi connectivity index (χ0v) is 8.09. The van der Waals surface area contributed by atoms with Gasteiger partial charge in [0, 0.05) is 25.0 Å². The van der Waals surface area contributed by atoms with Crippen molar-refractivity contribution in [3.63, 3.8) is 0 Å². The fourth-order valence-electron chi connectivity index (χ4n) is 1.37. The number of aromatic nitrogens is 4. The van der Waals surface area contributed by atoms with Crippen molar-refractivity contribution in [1.82, 2.24) is 19.7 Å². The Morgan fingerprint density at radius 2 is 2.29 bits per heavy atom. The molecule has 4 heteroatoms. The third-order valence-corrected chi connectivity index (χ3v) is 2.00. The topological polar surface area (TPSA) is 43.6 Å². The molecule has 0 atom stereocenters. The van der Waals surface area contributed by atoms with Crippen LogP contribution in [-0.2, 0) is 6.42 Å². The normalized spacial score (nSPS) is 10.4. The van der Waals surface area contributed by atoms with Crippen LogP contribution in [-0.4, -0.2) is 19.7 Å². The van der Waals surface area contributed by atoms with Crippen molar-refractivity contribution in [3.05, 3.63) is 36.5 Å². The number of imidazole rings is 1. The third kappa shape index (κ3) is 1.64. The van der Waals surface area contributed by atoms with Gasteiger partial charge < -0.3 is 0 Å². The van der Waals surface area contributed by atoms with Crippen molar-refractivity contribution < 1.29 is 0 Å². The lowest BCUT2D eigenvalue weighted by molar-refractivity contribution is 0.786. The molecular formula is C10H12N4. The summed E-state index contributed by atoms with van der Waals surface area (Å²) in [5, 5.41) is 7.88. The average Bonchev–Trinajstić information content (AvgIpc) is 2.68. The number of hydrogen-bond donors (Lipinski definition) is 0. The van der Waals surface area contributed by atoms with Gasteiger partial charge in [-0.1, -0.05) is 6.92 Å². The maximum Gasteiger partial charge on any atom is 0.160 e. The summed E-state index contributed by atoms with van der Waals surface area (Å²) in [5.74, 6) is 1.86. The van der Waals surface area contributed by atoms with E-state index < -0.39 is 0 Å². The number of aryl methyl sites for hydroxylation is 1. The molecule has 0 saturated carbocycles. The molecule has 2 aromatic heterocycles. The summed E-state index contributed by atoms with van der Waals surface area (Å²) in [7, 11) is 0. The van der Waals surface area contributed by atoms with Crippen LogP contribution in [0.4, 0.5) is 0 Å². The zero-order chi connectivity index (χ0) is 9.80. The summed E-state index contributed by atoms with van der Waals surface area (Å²) in [5.41, 5.74) is 0. The fourth-order valence-corrected chi connectivity index (χ4v) is 1.37. The van der Waals surface area contributed by atoms with Gasteiger partial charge >= 0.3 is 0 Å². The van der Waals surface area contributed by atoms with Gasteiger partial charge in [0.15, 0.2) is 5.82 Å². The highest BCUT2D eigenvalue weighted by molar-refractivity contribution is 5.21. The van der Waals surface area contributed by atoms with Crippen LogP contribution >= 0.6 is 0 Å². The van der Waals surface area contributed by atoms with E-state index >= 15 is 0 Å². The maximum absolute atomic E-state index is 4.28. The highest BCUT2D eigenvalue weighted by Crippen LogP contribution is 2.07. The van der Waals surface area contributed by atoms with Crippen LogP contribution in [0.2, 0.25) is 0 Å². The molecule has 0 N–H and O–H groups in total. The molecule has 0 fully saturated rings. The van der Waals surface area contributed by atoms with Gasteiger partial charge in [-0.05, 0) is 18.6 Å². The van der Waals surface area contributed by atoms with E-state index in [2.05, 4.69) is 22.1 Å². The second-order valence-corrected chi connectivity index (χ2v) is 3.05. The van der Waals surface area contributed by atoms with E-state index in [1.165, 1.54) is 0 Å². The van der Waals surface area contributed by atoms with Crippen LogP contribution in [0.25, 0.3) is 5.82 Å². The largest absolute Gasteiger partial charge is 0.286 e. The number of nitrogens with zero attached hydrogens (tertiary/aromatic N) is 4. The molecule has 0 amide bonds. The molecule has 2 heterocycles. The van der Waals surface area contributed by atoms with Crippen LogP contribution in [0.15, 0.2) is 30.7 Å². The average molecular weight is 188 g/mol. The predicted molar refractivity (Wildman–Crippen MR) is 53.1 cm³/mol. The predicted octanol–water partition coefficient (Wildman–Crippen LogP) is 1.61. The van der Waals surface area contributed by atoms with Gasteiger partial charge in [-0.25, -0.2) is 4.98 Å². The van der Waals surface area contributed by atoms with E-state index in [0.717, 1.165) is 24.5 Å². The van der Waals surface area contributed by atoms with E-state index in [1.807, 2.05) is 22.9 Å². The second kappa shape index (κ2) is 4.00. The molecule has 72 valence electrons. The molecule has 0 unspecified atom stereocenters. The van der Waals surface area contributed by atoms with Gasteiger partial charge in [-0.2, -0.15) is 5.10 Å². The Balaban J connectivity index is 2.37. The molecule has 0 aliphatic carbocycles. The molecule has 0 radical (unpaired) electrons. The number of rotatable bonds is 3. The molecule has 0 bridgehead atoms. The van der Waals surface area contributed by atoms with E-state index in [1.54, 1.807) is 12.4 Å². The van der Waals surface area contributed by atoms with Crippen molar-refractivity contribution in [2.45, 2.75) is 19.8 Å². The highest BCUT2D eigenvalue weighted by atomic mass is 15.2. The minimum atomic E-state index is 0.827. The molecule has 0 aliphatic rings. The Kier molecular flexibility index (Phi) is 2.53. The summed E-state index contributed by atoms with van der Waals surface area (Å²) in [6.07, 6.45) is 7.41. The first-order valence-electron chi connectivity index (χ1n) is 4.72. The lowest BCUT2D eigenvalue weighted by Gasteiger charge is -2.03. The maximum atomic E-state index is 4.28. The fraction of sp³-hybridized carbons (Fsp3) is 0.300. The molecule has 4 nitrogen and oxygen atoms in total. The van der Waals surface area contributed by atoms with E-state index in [9.17, 15) is 0 Å².